The zero-order valence-electron chi connectivity index (χ0n) is 16.6. The van der Waals surface area contributed by atoms with Crippen molar-refractivity contribution in [3.63, 3.8) is 0 Å². The molecule has 1 N–H and O–H groups in total. The summed E-state index contributed by atoms with van der Waals surface area (Å²) in [5, 5.41) is 2.76. The smallest absolute Gasteiger partial charge is 0.264 e. The van der Waals surface area contributed by atoms with Crippen LogP contribution in [0.15, 0.2) is 84.0 Å². The molecule has 0 saturated carbocycles. The van der Waals surface area contributed by atoms with Crippen LogP contribution in [0.4, 0.5) is 5.69 Å². The summed E-state index contributed by atoms with van der Waals surface area (Å²) in [6.07, 6.45) is 3.26. The lowest BCUT2D eigenvalue weighted by Crippen LogP contribution is -2.40. The van der Waals surface area contributed by atoms with Crippen molar-refractivity contribution in [3.05, 3.63) is 84.7 Å². The molecule has 0 bridgehead atoms. The zero-order chi connectivity index (χ0) is 21.4. The molecule has 0 atom stereocenters. The summed E-state index contributed by atoms with van der Waals surface area (Å²) >= 11 is 0. The number of hydrogen-bond donors (Lipinski definition) is 1. The van der Waals surface area contributed by atoms with E-state index in [0.717, 1.165) is 9.87 Å². The Morgan fingerprint density at radius 1 is 1.00 bits per heavy atom. The number of para-hydroxylation sites is 2. The number of rotatable bonds is 9. The van der Waals surface area contributed by atoms with Crippen LogP contribution in [0.2, 0.25) is 0 Å². The van der Waals surface area contributed by atoms with Gasteiger partial charge in [0.2, 0.25) is 5.91 Å². The van der Waals surface area contributed by atoms with Gasteiger partial charge in [0.1, 0.15) is 12.3 Å². The monoisotopic (exact) mass is 425 g/mol. The fourth-order valence-electron chi connectivity index (χ4n) is 2.85. The average molecular weight is 426 g/mol. The number of benzene rings is 2. The fourth-order valence-corrected chi connectivity index (χ4v) is 4.30. The van der Waals surface area contributed by atoms with Gasteiger partial charge in [0, 0.05) is 18.9 Å². The second-order valence-electron chi connectivity index (χ2n) is 6.36. The van der Waals surface area contributed by atoms with Crippen LogP contribution in [0.5, 0.6) is 5.75 Å². The molecule has 0 saturated heterocycles. The van der Waals surface area contributed by atoms with E-state index in [1.54, 1.807) is 67.0 Å². The number of nitrogens with zero attached hydrogens (tertiary/aromatic N) is 2. The Morgan fingerprint density at radius 3 is 2.37 bits per heavy atom. The van der Waals surface area contributed by atoms with E-state index in [-0.39, 0.29) is 18.0 Å². The molecule has 0 unspecified atom stereocenters. The highest BCUT2D eigenvalue weighted by Crippen LogP contribution is 2.32. The van der Waals surface area contributed by atoms with Gasteiger partial charge in [-0.15, -0.1) is 0 Å². The first-order valence-corrected chi connectivity index (χ1v) is 10.9. The van der Waals surface area contributed by atoms with E-state index >= 15 is 0 Å². The molecule has 3 rings (SSSR count). The van der Waals surface area contributed by atoms with Crippen molar-refractivity contribution >= 4 is 21.6 Å². The molecule has 1 aromatic heterocycles. The predicted octanol–water partition coefficient (Wildman–Crippen LogP) is 2.99. The van der Waals surface area contributed by atoms with Gasteiger partial charge >= 0.3 is 0 Å². The minimum absolute atomic E-state index is 0.0956. The maximum atomic E-state index is 13.4. The molecule has 156 valence electrons. The largest absolute Gasteiger partial charge is 0.492 e. The first kappa shape index (κ1) is 21.3. The highest BCUT2D eigenvalue weighted by atomic mass is 32.2. The highest BCUT2D eigenvalue weighted by Gasteiger charge is 2.29. The Hall–Kier alpha value is -3.39. The van der Waals surface area contributed by atoms with Crippen LogP contribution in [-0.2, 0) is 21.4 Å². The summed E-state index contributed by atoms with van der Waals surface area (Å²) in [6, 6.07) is 18.4. The Balaban J connectivity index is 1.91. The SMILES string of the molecule is CCOc1ccccc1N(CC(=O)NCc1ccncc1)S(=O)(=O)c1ccccc1. The van der Waals surface area contributed by atoms with Gasteiger partial charge in [0.05, 0.1) is 17.2 Å². The topological polar surface area (TPSA) is 88.6 Å². The Bertz CT molecular complexity index is 1070. The van der Waals surface area contributed by atoms with Crippen LogP contribution in [0, 0.1) is 0 Å². The van der Waals surface area contributed by atoms with Gasteiger partial charge in [-0.3, -0.25) is 14.1 Å². The second-order valence-corrected chi connectivity index (χ2v) is 8.22. The Morgan fingerprint density at radius 2 is 1.67 bits per heavy atom. The second kappa shape index (κ2) is 9.89. The Labute approximate surface area is 176 Å². The number of carbonyl (C=O) groups excluding carboxylic acids is 1. The van der Waals surface area contributed by atoms with E-state index in [9.17, 15) is 13.2 Å². The quantitative estimate of drug-likeness (QED) is 0.569. The summed E-state index contributed by atoms with van der Waals surface area (Å²) in [5.74, 6) is -0.0425. The first-order chi connectivity index (χ1) is 14.5. The molecule has 0 aliphatic heterocycles. The number of pyridine rings is 1. The number of sulfonamides is 1. The van der Waals surface area contributed by atoms with Crippen LogP contribution in [0.1, 0.15) is 12.5 Å². The van der Waals surface area contributed by atoms with Crippen LogP contribution < -0.4 is 14.4 Å². The molecule has 2 aromatic carbocycles. The van der Waals surface area contributed by atoms with E-state index in [2.05, 4.69) is 10.3 Å². The van der Waals surface area contributed by atoms with Crippen molar-refractivity contribution in [1.29, 1.82) is 0 Å². The molecule has 0 spiro atoms. The summed E-state index contributed by atoms with van der Waals surface area (Å²) in [4.78, 5) is 16.7. The van der Waals surface area contributed by atoms with Gasteiger partial charge in [0.15, 0.2) is 0 Å². The van der Waals surface area contributed by atoms with E-state index in [4.69, 9.17) is 4.74 Å². The molecule has 7 nitrogen and oxygen atoms in total. The van der Waals surface area contributed by atoms with Gasteiger partial charge in [-0.2, -0.15) is 0 Å². The summed E-state index contributed by atoms with van der Waals surface area (Å²) in [7, 11) is -3.99. The summed E-state index contributed by atoms with van der Waals surface area (Å²) in [6.45, 7) is 2.07. The standard InChI is InChI=1S/C22H23N3O4S/c1-2-29-21-11-7-6-10-20(21)25(30(27,28)19-8-4-3-5-9-19)17-22(26)24-16-18-12-14-23-15-13-18/h3-15H,2,16-17H2,1H3,(H,24,26). The number of nitrogens with one attached hydrogen (secondary N) is 1. The molecule has 0 aliphatic rings. The molecule has 8 heteroatoms. The average Bonchev–Trinajstić information content (AvgIpc) is 2.78. The van der Waals surface area contributed by atoms with Crippen molar-refractivity contribution in [2.24, 2.45) is 0 Å². The predicted molar refractivity (Wildman–Crippen MR) is 115 cm³/mol. The van der Waals surface area contributed by atoms with Crippen molar-refractivity contribution in [3.8, 4) is 5.75 Å². The third kappa shape index (κ3) is 5.15. The summed E-state index contributed by atoms with van der Waals surface area (Å²) < 4.78 is 33.5. The number of aromatic nitrogens is 1. The van der Waals surface area contributed by atoms with Crippen LogP contribution >= 0.6 is 0 Å². The Kier molecular flexibility index (Phi) is 7.03. The van der Waals surface area contributed by atoms with Gasteiger partial charge in [0.25, 0.3) is 10.0 Å². The molecular weight excluding hydrogens is 402 g/mol. The summed E-state index contributed by atoms with van der Waals surface area (Å²) in [5.41, 5.74) is 1.17. The van der Waals surface area contributed by atoms with Crippen molar-refractivity contribution in [2.45, 2.75) is 18.4 Å². The lowest BCUT2D eigenvalue weighted by atomic mass is 10.2. The lowest BCUT2D eigenvalue weighted by Gasteiger charge is -2.26. The normalized spacial score (nSPS) is 11.0. The number of ether oxygens (including phenoxy) is 1. The third-order valence-electron chi connectivity index (χ3n) is 4.29. The van der Waals surface area contributed by atoms with E-state index in [1.807, 2.05) is 6.92 Å². The fraction of sp³-hybridized carbons (Fsp3) is 0.182. The van der Waals surface area contributed by atoms with Crippen molar-refractivity contribution < 1.29 is 17.9 Å². The highest BCUT2D eigenvalue weighted by molar-refractivity contribution is 7.92. The molecule has 0 radical (unpaired) electrons. The molecule has 3 aromatic rings. The zero-order valence-corrected chi connectivity index (χ0v) is 17.4. The minimum Gasteiger partial charge on any atom is -0.492 e. The molecule has 30 heavy (non-hydrogen) atoms. The third-order valence-corrected chi connectivity index (χ3v) is 6.07. The van der Waals surface area contributed by atoms with Crippen LogP contribution in [-0.4, -0.2) is 32.5 Å². The molecule has 1 heterocycles. The van der Waals surface area contributed by atoms with E-state index in [1.165, 1.54) is 12.1 Å². The van der Waals surface area contributed by atoms with Gasteiger partial charge < -0.3 is 10.1 Å². The van der Waals surface area contributed by atoms with E-state index < -0.39 is 15.9 Å². The maximum absolute atomic E-state index is 13.4. The number of carbonyl (C=O) groups is 1. The van der Waals surface area contributed by atoms with Crippen LogP contribution in [0.3, 0.4) is 0 Å². The number of amides is 1. The molecule has 1 amide bonds. The number of anilines is 1. The first-order valence-electron chi connectivity index (χ1n) is 9.47. The maximum Gasteiger partial charge on any atom is 0.264 e. The van der Waals surface area contributed by atoms with Crippen molar-refractivity contribution in [2.75, 3.05) is 17.5 Å². The van der Waals surface area contributed by atoms with Crippen LogP contribution in [0.25, 0.3) is 0 Å². The van der Waals surface area contributed by atoms with Crippen molar-refractivity contribution in [1.82, 2.24) is 10.3 Å². The minimum atomic E-state index is -3.99. The molecule has 0 fully saturated rings. The molecule has 0 aliphatic carbocycles. The van der Waals surface area contributed by atoms with Gasteiger partial charge in [-0.25, -0.2) is 8.42 Å². The van der Waals surface area contributed by atoms with Gasteiger partial charge in [-0.05, 0) is 48.9 Å². The van der Waals surface area contributed by atoms with E-state index in [0.29, 0.717) is 18.0 Å². The number of hydrogen-bond acceptors (Lipinski definition) is 5. The molecular formula is C22H23N3O4S. The lowest BCUT2D eigenvalue weighted by molar-refractivity contribution is -0.119. The van der Waals surface area contributed by atoms with Gasteiger partial charge in [-0.1, -0.05) is 30.3 Å².